The van der Waals surface area contributed by atoms with Crippen molar-refractivity contribution in [3.8, 4) is 0 Å². The number of nitrogens with two attached hydrogens (primary N) is 1. The Morgan fingerprint density at radius 3 is 2.80 bits per heavy atom. The molecule has 7 nitrogen and oxygen atoms in total. The molecule has 1 aromatic rings. The van der Waals surface area contributed by atoms with Crippen LogP contribution < -0.4 is 15.8 Å². The summed E-state index contributed by atoms with van der Waals surface area (Å²) in [7, 11) is -3.90. The predicted molar refractivity (Wildman–Crippen MR) is 77.3 cm³/mol. The molecule has 1 amide bonds. The van der Waals surface area contributed by atoms with Gasteiger partial charge in [-0.2, -0.15) is 4.72 Å². The molecule has 0 spiro atoms. The molecule has 1 fully saturated rings. The van der Waals surface area contributed by atoms with E-state index in [0.29, 0.717) is 4.47 Å². The Hall–Kier alpha value is -1.19. The maximum Gasteiger partial charge on any atom is 0.244 e. The van der Waals surface area contributed by atoms with Crippen LogP contribution in [0.2, 0.25) is 0 Å². The van der Waals surface area contributed by atoms with E-state index in [1.807, 2.05) is 0 Å². The number of nitrogens with zero attached hydrogens (tertiary/aromatic N) is 1. The summed E-state index contributed by atoms with van der Waals surface area (Å²) in [6, 6.07) is 0.641. The molecule has 0 bridgehead atoms. The number of rotatable bonds is 5. The van der Waals surface area contributed by atoms with Crippen molar-refractivity contribution in [3.05, 3.63) is 16.7 Å². The number of hydrogen-bond acceptors (Lipinski definition) is 5. The molecule has 0 radical (unpaired) electrons. The third kappa shape index (κ3) is 3.68. The van der Waals surface area contributed by atoms with Crippen molar-refractivity contribution in [2.24, 2.45) is 0 Å². The number of anilines is 1. The molecule has 9 heteroatoms. The lowest BCUT2D eigenvalue weighted by Crippen LogP contribution is -2.45. The molecule has 0 aromatic carbocycles. The topological polar surface area (TPSA) is 114 Å². The number of carbonyl (C=O) groups excluding carboxylic acids is 1. The van der Waals surface area contributed by atoms with Gasteiger partial charge in [-0.3, -0.25) is 4.79 Å². The number of amides is 1. The Bertz CT molecular complexity index is 631. The molecule has 2 rings (SSSR count). The summed E-state index contributed by atoms with van der Waals surface area (Å²) in [6.07, 6.45) is 3.28. The fourth-order valence-electron chi connectivity index (χ4n) is 1.55. The fourth-order valence-corrected chi connectivity index (χ4v) is 3.34. The average Bonchev–Trinajstić information content (AvgIpc) is 3.15. The highest BCUT2D eigenvalue weighted by molar-refractivity contribution is 9.10. The lowest BCUT2D eigenvalue weighted by atomic mass is 10.3. The molecule has 1 saturated carbocycles. The van der Waals surface area contributed by atoms with Gasteiger partial charge < -0.3 is 11.1 Å². The number of aromatic nitrogens is 1. The number of halogens is 1. The van der Waals surface area contributed by atoms with E-state index in [0.717, 1.165) is 12.8 Å². The summed E-state index contributed by atoms with van der Waals surface area (Å²) in [5, 5.41) is 2.73. The van der Waals surface area contributed by atoms with Gasteiger partial charge in [0.25, 0.3) is 0 Å². The highest BCUT2D eigenvalue weighted by Gasteiger charge is 2.29. The van der Waals surface area contributed by atoms with Gasteiger partial charge in [0.05, 0.1) is 6.04 Å². The van der Waals surface area contributed by atoms with Crippen molar-refractivity contribution in [3.63, 3.8) is 0 Å². The van der Waals surface area contributed by atoms with E-state index in [9.17, 15) is 13.2 Å². The summed E-state index contributed by atoms with van der Waals surface area (Å²) in [6.45, 7) is 1.48. The number of nitrogen functional groups attached to an aromatic ring is 1. The van der Waals surface area contributed by atoms with Gasteiger partial charge in [0.2, 0.25) is 15.9 Å². The molecule has 1 heterocycles. The average molecular weight is 363 g/mol. The van der Waals surface area contributed by atoms with Gasteiger partial charge in [-0.05, 0) is 41.8 Å². The molecular weight excluding hydrogens is 348 g/mol. The Morgan fingerprint density at radius 2 is 2.20 bits per heavy atom. The SMILES string of the molecule is CC(NS(=O)(=O)c1cc(Br)cnc1N)C(=O)NC1CC1. The van der Waals surface area contributed by atoms with Gasteiger partial charge in [0.1, 0.15) is 10.7 Å². The zero-order valence-electron chi connectivity index (χ0n) is 10.8. The highest BCUT2D eigenvalue weighted by atomic mass is 79.9. The summed E-state index contributed by atoms with van der Waals surface area (Å²) in [5.41, 5.74) is 5.57. The number of sulfonamides is 1. The van der Waals surface area contributed by atoms with Crippen LogP contribution in [-0.2, 0) is 14.8 Å². The third-order valence-corrected chi connectivity index (χ3v) is 4.79. The predicted octanol–water partition coefficient (Wildman–Crippen LogP) is 0.372. The summed E-state index contributed by atoms with van der Waals surface area (Å²) < 4.78 is 27.2. The van der Waals surface area contributed by atoms with Crippen molar-refractivity contribution in [2.45, 2.75) is 36.7 Å². The molecule has 4 N–H and O–H groups in total. The van der Waals surface area contributed by atoms with Crippen LogP contribution in [0, 0.1) is 0 Å². The van der Waals surface area contributed by atoms with E-state index in [2.05, 4.69) is 31.0 Å². The Kier molecular flexibility index (Phi) is 4.31. The zero-order valence-corrected chi connectivity index (χ0v) is 13.2. The molecule has 0 saturated heterocycles. The standard InChI is InChI=1S/C11H15BrN4O3S/c1-6(11(17)15-8-2-3-8)16-20(18,19)9-4-7(12)5-14-10(9)13/h4-6,8,16H,2-3H2,1H3,(H2,13,14)(H,15,17). The normalized spacial score (nSPS) is 16.7. The first-order chi connectivity index (χ1) is 9.29. The maximum atomic E-state index is 12.2. The minimum atomic E-state index is -3.90. The quantitative estimate of drug-likeness (QED) is 0.700. The van der Waals surface area contributed by atoms with E-state index in [1.165, 1.54) is 19.2 Å². The van der Waals surface area contributed by atoms with Crippen molar-refractivity contribution in [1.29, 1.82) is 0 Å². The molecule has 1 aliphatic carbocycles. The lowest BCUT2D eigenvalue weighted by molar-refractivity contribution is -0.122. The van der Waals surface area contributed by atoms with Crippen molar-refractivity contribution in [1.82, 2.24) is 15.0 Å². The first-order valence-corrected chi connectivity index (χ1v) is 8.31. The number of nitrogens with one attached hydrogen (secondary N) is 2. The largest absolute Gasteiger partial charge is 0.383 e. The summed E-state index contributed by atoms with van der Waals surface area (Å²) >= 11 is 3.14. The first-order valence-electron chi connectivity index (χ1n) is 6.03. The molecule has 1 aromatic heterocycles. The van der Waals surface area contributed by atoms with E-state index in [4.69, 9.17) is 5.73 Å². The van der Waals surface area contributed by atoms with Gasteiger partial charge in [0.15, 0.2) is 0 Å². The van der Waals surface area contributed by atoms with Gasteiger partial charge in [-0.15, -0.1) is 0 Å². The first kappa shape index (κ1) is 15.2. The number of pyridine rings is 1. The minimum absolute atomic E-state index is 0.115. The van der Waals surface area contributed by atoms with Crippen molar-refractivity contribution in [2.75, 3.05) is 5.73 Å². The Balaban J connectivity index is 2.13. The molecular formula is C11H15BrN4O3S. The van der Waals surface area contributed by atoms with Crippen LogP contribution >= 0.6 is 15.9 Å². The van der Waals surface area contributed by atoms with Crippen LogP contribution in [0.5, 0.6) is 0 Å². The lowest BCUT2D eigenvalue weighted by Gasteiger charge is -2.15. The van der Waals surface area contributed by atoms with Crippen LogP contribution in [-0.4, -0.2) is 31.4 Å². The van der Waals surface area contributed by atoms with Crippen LogP contribution in [0.15, 0.2) is 21.6 Å². The number of hydrogen-bond donors (Lipinski definition) is 3. The van der Waals surface area contributed by atoms with Crippen molar-refractivity contribution >= 4 is 37.7 Å². The van der Waals surface area contributed by atoms with Gasteiger partial charge in [-0.25, -0.2) is 13.4 Å². The molecule has 1 aliphatic rings. The molecule has 1 unspecified atom stereocenters. The summed E-state index contributed by atoms with van der Waals surface area (Å²) in [4.78, 5) is 15.4. The van der Waals surface area contributed by atoms with Crippen molar-refractivity contribution < 1.29 is 13.2 Å². The fraction of sp³-hybridized carbons (Fsp3) is 0.455. The maximum absolute atomic E-state index is 12.2. The molecule has 110 valence electrons. The van der Waals surface area contributed by atoms with Gasteiger partial charge in [0, 0.05) is 16.7 Å². The van der Waals surface area contributed by atoms with Crippen LogP contribution in [0.4, 0.5) is 5.82 Å². The van der Waals surface area contributed by atoms with Crippen LogP contribution in [0.25, 0.3) is 0 Å². The minimum Gasteiger partial charge on any atom is -0.383 e. The van der Waals surface area contributed by atoms with E-state index in [-0.39, 0.29) is 22.7 Å². The van der Waals surface area contributed by atoms with E-state index in [1.54, 1.807) is 0 Å². The molecule has 1 atom stereocenters. The Morgan fingerprint density at radius 1 is 1.55 bits per heavy atom. The molecule has 20 heavy (non-hydrogen) atoms. The number of carbonyl (C=O) groups is 1. The Labute approximate surface area is 125 Å². The highest BCUT2D eigenvalue weighted by Crippen LogP contribution is 2.21. The zero-order chi connectivity index (χ0) is 14.9. The summed E-state index contributed by atoms with van der Waals surface area (Å²) in [5.74, 6) is -0.465. The van der Waals surface area contributed by atoms with Crippen LogP contribution in [0.3, 0.4) is 0 Å². The second-order valence-electron chi connectivity index (χ2n) is 4.66. The second kappa shape index (κ2) is 5.66. The van der Waals surface area contributed by atoms with E-state index >= 15 is 0 Å². The second-order valence-corrected chi connectivity index (χ2v) is 7.26. The third-order valence-electron chi connectivity index (χ3n) is 2.79. The van der Waals surface area contributed by atoms with Gasteiger partial charge >= 0.3 is 0 Å². The smallest absolute Gasteiger partial charge is 0.244 e. The van der Waals surface area contributed by atoms with E-state index < -0.39 is 16.1 Å². The molecule has 0 aliphatic heterocycles. The van der Waals surface area contributed by atoms with Crippen LogP contribution in [0.1, 0.15) is 19.8 Å². The monoisotopic (exact) mass is 362 g/mol. The van der Waals surface area contributed by atoms with Gasteiger partial charge in [-0.1, -0.05) is 0 Å².